The van der Waals surface area contributed by atoms with Crippen molar-refractivity contribution in [2.75, 3.05) is 13.2 Å². The molecule has 0 aromatic carbocycles. The third-order valence-electron chi connectivity index (χ3n) is 11.3. The molecule has 0 saturated carbocycles. The van der Waals surface area contributed by atoms with E-state index in [4.69, 9.17) is 14.2 Å². The highest BCUT2D eigenvalue weighted by Crippen LogP contribution is 2.15. The summed E-state index contributed by atoms with van der Waals surface area (Å²) in [7, 11) is 0. The first-order valence-electron chi connectivity index (χ1n) is 26.3. The number of allylic oxidation sites excluding steroid dienone is 10. The predicted molar refractivity (Wildman–Crippen MR) is 265 cm³/mol. The largest absolute Gasteiger partial charge is 0.462 e. The van der Waals surface area contributed by atoms with Crippen LogP contribution in [0.3, 0.4) is 0 Å². The van der Waals surface area contributed by atoms with E-state index in [0.29, 0.717) is 19.3 Å². The molecule has 0 radical (unpaired) electrons. The highest BCUT2D eigenvalue weighted by Gasteiger charge is 2.19. The van der Waals surface area contributed by atoms with E-state index in [1.165, 1.54) is 135 Å². The second kappa shape index (κ2) is 50.8. The SMILES string of the molecule is CC/C=C\C/C=C\C/C=C\C/C=C\CCCCC(=O)OC(COC(=O)CCCCCCCCCC)COC(=O)CCCCCCCCCCC/C=C\CCCCCCCCCC. The Hall–Kier alpha value is -2.89. The predicted octanol–water partition coefficient (Wildman–Crippen LogP) is 17.3. The molecule has 6 heteroatoms. The molecule has 6 nitrogen and oxygen atoms in total. The summed E-state index contributed by atoms with van der Waals surface area (Å²) in [5.74, 6) is -0.935. The number of esters is 3. The molecule has 0 spiro atoms. The van der Waals surface area contributed by atoms with E-state index in [1.54, 1.807) is 0 Å². The van der Waals surface area contributed by atoms with E-state index >= 15 is 0 Å². The molecule has 0 fully saturated rings. The van der Waals surface area contributed by atoms with Crippen LogP contribution in [0.5, 0.6) is 0 Å². The minimum atomic E-state index is -0.793. The molecule has 0 aliphatic heterocycles. The topological polar surface area (TPSA) is 78.9 Å². The van der Waals surface area contributed by atoms with Gasteiger partial charge in [0.05, 0.1) is 0 Å². The van der Waals surface area contributed by atoms with Crippen molar-refractivity contribution in [3.8, 4) is 0 Å². The van der Waals surface area contributed by atoms with Gasteiger partial charge in [0.2, 0.25) is 0 Å². The van der Waals surface area contributed by atoms with E-state index < -0.39 is 6.10 Å². The number of carbonyl (C=O) groups excluding carboxylic acids is 3. The minimum Gasteiger partial charge on any atom is -0.462 e. The van der Waals surface area contributed by atoms with Crippen molar-refractivity contribution < 1.29 is 28.6 Å². The molecule has 0 bridgehead atoms. The average Bonchev–Trinajstić information content (AvgIpc) is 3.27. The van der Waals surface area contributed by atoms with Crippen molar-refractivity contribution in [3.63, 3.8) is 0 Å². The van der Waals surface area contributed by atoms with E-state index in [2.05, 4.69) is 81.5 Å². The van der Waals surface area contributed by atoms with Gasteiger partial charge >= 0.3 is 17.9 Å². The van der Waals surface area contributed by atoms with E-state index in [9.17, 15) is 14.4 Å². The molecule has 0 rings (SSSR count). The molecule has 1 unspecified atom stereocenters. The first kappa shape index (κ1) is 59.1. The van der Waals surface area contributed by atoms with Crippen LogP contribution in [-0.4, -0.2) is 37.2 Å². The molecular formula is C56H98O6. The smallest absolute Gasteiger partial charge is 0.306 e. The fraction of sp³-hybridized carbons (Fsp3) is 0.768. The Kier molecular flexibility index (Phi) is 48.4. The lowest BCUT2D eigenvalue weighted by Crippen LogP contribution is -2.30. The maximum atomic E-state index is 12.7. The van der Waals surface area contributed by atoms with Crippen molar-refractivity contribution in [2.45, 2.75) is 264 Å². The summed E-state index contributed by atoms with van der Waals surface area (Å²) in [6, 6.07) is 0. The number of unbranched alkanes of at least 4 members (excludes halogenated alkanes) is 26. The molecule has 0 amide bonds. The van der Waals surface area contributed by atoms with E-state index in [1.807, 2.05) is 0 Å². The molecule has 0 heterocycles. The summed E-state index contributed by atoms with van der Waals surface area (Å²) >= 11 is 0. The lowest BCUT2D eigenvalue weighted by Gasteiger charge is -2.18. The Morgan fingerprint density at radius 3 is 1.03 bits per heavy atom. The van der Waals surface area contributed by atoms with Crippen molar-refractivity contribution in [3.05, 3.63) is 60.8 Å². The van der Waals surface area contributed by atoms with Crippen LogP contribution < -0.4 is 0 Å². The van der Waals surface area contributed by atoms with Gasteiger partial charge in [0.1, 0.15) is 13.2 Å². The summed E-state index contributed by atoms with van der Waals surface area (Å²) in [6.45, 7) is 6.47. The van der Waals surface area contributed by atoms with Gasteiger partial charge in [0.15, 0.2) is 6.10 Å². The summed E-state index contributed by atoms with van der Waals surface area (Å²) in [5, 5.41) is 0. The van der Waals surface area contributed by atoms with Crippen LogP contribution in [0.15, 0.2) is 60.8 Å². The average molecular weight is 867 g/mol. The lowest BCUT2D eigenvalue weighted by atomic mass is 10.1. The number of ether oxygens (including phenoxy) is 3. The Morgan fingerprint density at radius 1 is 0.339 bits per heavy atom. The maximum Gasteiger partial charge on any atom is 0.306 e. The highest BCUT2D eigenvalue weighted by molar-refractivity contribution is 5.71. The number of rotatable bonds is 47. The quantitative estimate of drug-likeness (QED) is 0.0262. The van der Waals surface area contributed by atoms with Crippen LogP contribution in [0, 0.1) is 0 Å². The molecule has 358 valence electrons. The molecule has 0 aromatic rings. The molecule has 1 atom stereocenters. The van der Waals surface area contributed by atoms with Crippen LogP contribution in [0.25, 0.3) is 0 Å². The van der Waals surface area contributed by atoms with Crippen molar-refractivity contribution in [1.82, 2.24) is 0 Å². The van der Waals surface area contributed by atoms with Gasteiger partial charge in [-0.25, -0.2) is 0 Å². The van der Waals surface area contributed by atoms with Gasteiger partial charge in [0.25, 0.3) is 0 Å². The van der Waals surface area contributed by atoms with E-state index in [0.717, 1.165) is 77.0 Å². The summed E-state index contributed by atoms with van der Waals surface area (Å²) in [6.07, 6.45) is 62.3. The maximum absolute atomic E-state index is 12.7. The van der Waals surface area contributed by atoms with Crippen LogP contribution in [0.4, 0.5) is 0 Å². The lowest BCUT2D eigenvalue weighted by molar-refractivity contribution is -0.167. The zero-order valence-electron chi connectivity index (χ0n) is 40.9. The summed E-state index contributed by atoms with van der Waals surface area (Å²) in [4.78, 5) is 37.8. The Labute approximate surface area is 383 Å². The fourth-order valence-electron chi connectivity index (χ4n) is 7.31. The van der Waals surface area contributed by atoms with Gasteiger partial charge < -0.3 is 14.2 Å². The van der Waals surface area contributed by atoms with Crippen LogP contribution in [-0.2, 0) is 28.6 Å². The molecular weight excluding hydrogens is 769 g/mol. The van der Waals surface area contributed by atoms with Crippen LogP contribution in [0.2, 0.25) is 0 Å². The number of hydrogen-bond acceptors (Lipinski definition) is 6. The third-order valence-corrected chi connectivity index (χ3v) is 11.3. The Bertz CT molecular complexity index is 1130. The third kappa shape index (κ3) is 48.1. The Balaban J connectivity index is 4.29. The van der Waals surface area contributed by atoms with Gasteiger partial charge in [0, 0.05) is 19.3 Å². The standard InChI is InChI=1S/C56H98O6/c1-4-7-10-13-16-19-21-23-25-26-27-28-29-30-32-33-35-37-40-43-46-49-55(58)61-52-53(51-60-54(57)48-45-42-39-18-15-12-9-6-3)62-56(59)50-47-44-41-38-36-34-31-24-22-20-17-14-11-8-5-2/h8,11,17,20,24,26-27,31,36,38,53H,4-7,9-10,12-16,18-19,21-23,25,28-30,32-35,37,39-52H2,1-3H3/b11-8-,20-17-,27-26-,31-24-,38-36-. The molecule has 0 aliphatic rings. The number of hydrogen-bond donors (Lipinski definition) is 0. The first-order chi connectivity index (χ1) is 30.5. The molecule has 62 heavy (non-hydrogen) atoms. The summed E-state index contributed by atoms with van der Waals surface area (Å²) < 4.78 is 16.7. The highest BCUT2D eigenvalue weighted by atomic mass is 16.6. The minimum absolute atomic E-state index is 0.0904. The molecule has 0 N–H and O–H groups in total. The van der Waals surface area contributed by atoms with Gasteiger partial charge in [-0.3, -0.25) is 14.4 Å². The van der Waals surface area contributed by atoms with E-state index in [-0.39, 0.29) is 37.5 Å². The van der Waals surface area contributed by atoms with Crippen molar-refractivity contribution in [1.29, 1.82) is 0 Å². The van der Waals surface area contributed by atoms with Gasteiger partial charge in [-0.15, -0.1) is 0 Å². The monoisotopic (exact) mass is 867 g/mol. The molecule has 0 saturated heterocycles. The van der Waals surface area contributed by atoms with Crippen molar-refractivity contribution in [2.24, 2.45) is 0 Å². The van der Waals surface area contributed by atoms with Crippen LogP contribution in [0.1, 0.15) is 258 Å². The summed E-state index contributed by atoms with van der Waals surface area (Å²) in [5.41, 5.74) is 0. The normalized spacial score (nSPS) is 12.5. The van der Waals surface area contributed by atoms with Crippen LogP contribution >= 0.6 is 0 Å². The van der Waals surface area contributed by atoms with Gasteiger partial charge in [-0.2, -0.15) is 0 Å². The van der Waals surface area contributed by atoms with Crippen molar-refractivity contribution >= 4 is 17.9 Å². The molecule has 0 aliphatic carbocycles. The number of carbonyl (C=O) groups is 3. The Morgan fingerprint density at radius 2 is 0.629 bits per heavy atom. The second-order valence-corrected chi connectivity index (χ2v) is 17.4. The second-order valence-electron chi connectivity index (χ2n) is 17.4. The first-order valence-corrected chi connectivity index (χ1v) is 26.3. The van der Waals surface area contributed by atoms with Gasteiger partial charge in [-0.05, 0) is 83.5 Å². The van der Waals surface area contributed by atoms with Gasteiger partial charge in [-0.1, -0.05) is 216 Å². The zero-order chi connectivity index (χ0) is 45.1. The molecule has 0 aromatic heterocycles. The fourth-order valence-corrected chi connectivity index (χ4v) is 7.31. The zero-order valence-corrected chi connectivity index (χ0v) is 40.9.